The Morgan fingerprint density at radius 3 is 2.88 bits per heavy atom. The predicted octanol–water partition coefficient (Wildman–Crippen LogP) is 3.18. The fraction of sp³-hybridized carbons (Fsp3) is 0.0769. The number of pyridine rings is 1. The van der Waals surface area contributed by atoms with Crippen LogP contribution in [0.4, 0.5) is 0 Å². The van der Waals surface area contributed by atoms with Gasteiger partial charge in [-0.25, -0.2) is 4.98 Å². The summed E-state index contributed by atoms with van der Waals surface area (Å²) in [7, 11) is 0. The third kappa shape index (κ3) is 1.66. The summed E-state index contributed by atoms with van der Waals surface area (Å²) < 4.78 is 1.95. The van der Waals surface area contributed by atoms with E-state index in [2.05, 4.69) is 24.0 Å². The lowest BCUT2D eigenvalue weighted by molar-refractivity contribution is 0.112. The minimum atomic E-state index is 0.657. The van der Waals surface area contributed by atoms with Crippen LogP contribution >= 0.6 is 11.3 Å². The predicted molar refractivity (Wildman–Crippen MR) is 68.6 cm³/mol. The van der Waals surface area contributed by atoms with Crippen LogP contribution in [0.5, 0.6) is 0 Å². The molecule has 0 unspecified atom stereocenters. The molecule has 0 aromatic carbocycles. The summed E-state index contributed by atoms with van der Waals surface area (Å²) in [6.45, 7) is 2.07. The summed E-state index contributed by atoms with van der Waals surface area (Å²) in [4.78, 5) is 17.6. The van der Waals surface area contributed by atoms with Crippen LogP contribution < -0.4 is 0 Å². The van der Waals surface area contributed by atoms with Crippen molar-refractivity contribution in [1.82, 2.24) is 9.38 Å². The van der Waals surface area contributed by atoms with Gasteiger partial charge in [-0.3, -0.25) is 9.20 Å². The van der Waals surface area contributed by atoms with Gasteiger partial charge >= 0.3 is 0 Å². The van der Waals surface area contributed by atoms with Gasteiger partial charge in [0.25, 0.3) is 0 Å². The quantitative estimate of drug-likeness (QED) is 0.647. The summed E-state index contributed by atoms with van der Waals surface area (Å²) >= 11 is 1.70. The SMILES string of the molecule is Cc1ccc(-c2ncc3ccc(C=O)cn23)s1. The second-order valence-corrected chi connectivity index (χ2v) is 5.16. The molecule has 3 heterocycles. The molecule has 0 aliphatic rings. The maximum Gasteiger partial charge on any atom is 0.154 e. The Kier molecular flexibility index (Phi) is 2.30. The van der Waals surface area contributed by atoms with Crippen molar-refractivity contribution in [3.63, 3.8) is 0 Å². The van der Waals surface area contributed by atoms with Gasteiger partial charge in [0.1, 0.15) is 0 Å². The number of thiophene rings is 1. The van der Waals surface area contributed by atoms with Gasteiger partial charge in [0.15, 0.2) is 12.1 Å². The van der Waals surface area contributed by atoms with Crippen LogP contribution in [0.15, 0.2) is 36.7 Å². The van der Waals surface area contributed by atoms with Gasteiger partial charge in [-0.1, -0.05) is 0 Å². The second-order valence-electron chi connectivity index (χ2n) is 3.87. The van der Waals surface area contributed by atoms with Crippen molar-refractivity contribution >= 4 is 23.1 Å². The molecule has 0 saturated carbocycles. The Balaban J connectivity index is 2.26. The lowest BCUT2D eigenvalue weighted by Gasteiger charge is -1.99. The third-order valence-corrected chi connectivity index (χ3v) is 3.64. The average molecular weight is 242 g/mol. The number of aryl methyl sites for hydroxylation is 1. The highest BCUT2D eigenvalue weighted by Crippen LogP contribution is 2.27. The average Bonchev–Trinajstić information content (AvgIpc) is 2.93. The topological polar surface area (TPSA) is 34.4 Å². The molecule has 0 N–H and O–H groups in total. The van der Waals surface area contributed by atoms with Crippen molar-refractivity contribution in [1.29, 1.82) is 0 Å². The minimum absolute atomic E-state index is 0.657. The number of imidazole rings is 1. The van der Waals surface area contributed by atoms with Crippen molar-refractivity contribution in [2.24, 2.45) is 0 Å². The van der Waals surface area contributed by atoms with E-state index in [4.69, 9.17) is 0 Å². The molecule has 0 saturated heterocycles. The van der Waals surface area contributed by atoms with Crippen molar-refractivity contribution < 1.29 is 4.79 Å². The molecule has 3 aromatic rings. The van der Waals surface area contributed by atoms with Gasteiger partial charge in [-0.15, -0.1) is 11.3 Å². The molecule has 0 radical (unpaired) electrons. The molecule has 3 rings (SSSR count). The number of rotatable bonds is 2. The normalized spacial score (nSPS) is 10.9. The zero-order valence-electron chi connectivity index (χ0n) is 9.25. The molecule has 3 nitrogen and oxygen atoms in total. The molecule has 0 spiro atoms. The van der Waals surface area contributed by atoms with Crippen LogP contribution in [0.1, 0.15) is 15.2 Å². The van der Waals surface area contributed by atoms with E-state index in [1.54, 1.807) is 17.4 Å². The van der Waals surface area contributed by atoms with Crippen LogP contribution in [0.25, 0.3) is 16.2 Å². The molecule has 0 amide bonds. The summed E-state index contributed by atoms with van der Waals surface area (Å²) in [5, 5.41) is 0. The summed E-state index contributed by atoms with van der Waals surface area (Å²) in [6, 6.07) is 7.83. The first-order valence-electron chi connectivity index (χ1n) is 5.27. The summed E-state index contributed by atoms with van der Waals surface area (Å²) in [5.74, 6) is 0.891. The molecule has 0 aliphatic heterocycles. The van der Waals surface area contributed by atoms with Crippen LogP contribution in [0.3, 0.4) is 0 Å². The first-order chi connectivity index (χ1) is 8.28. The fourth-order valence-corrected chi connectivity index (χ4v) is 2.67. The van der Waals surface area contributed by atoms with Gasteiger partial charge in [0.05, 0.1) is 16.6 Å². The minimum Gasteiger partial charge on any atom is -0.298 e. The fourth-order valence-electron chi connectivity index (χ4n) is 1.81. The molecule has 4 heteroatoms. The summed E-state index contributed by atoms with van der Waals surface area (Å²) in [5.41, 5.74) is 1.65. The summed E-state index contributed by atoms with van der Waals surface area (Å²) in [6.07, 6.45) is 4.49. The Hall–Kier alpha value is -1.94. The van der Waals surface area contributed by atoms with Gasteiger partial charge in [-0.2, -0.15) is 0 Å². The van der Waals surface area contributed by atoms with Crippen LogP contribution in [0.2, 0.25) is 0 Å². The first-order valence-corrected chi connectivity index (χ1v) is 6.09. The third-order valence-electron chi connectivity index (χ3n) is 2.65. The Morgan fingerprint density at radius 2 is 2.18 bits per heavy atom. The van der Waals surface area contributed by atoms with Crippen molar-refractivity contribution in [3.05, 3.63) is 47.1 Å². The van der Waals surface area contributed by atoms with E-state index in [1.165, 1.54) is 4.88 Å². The van der Waals surface area contributed by atoms with E-state index < -0.39 is 0 Å². The molecular weight excluding hydrogens is 232 g/mol. The number of carbonyl (C=O) groups is 1. The van der Waals surface area contributed by atoms with Gasteiger partial charge in [-0.05, 0) is 31.2 Å². The van der Waals surface area contributed by atoms with E-state index >= 15 is 0 Å². The highest BCUT2D eigenvalue weighted by molar-refractivity contribution is 7.15. The standard InChI is InChI=1S/C13H10N2OS/c1-9-2-5-12(17-9)13-14-6-11-4-3-10(8-16)7-15(11)13/h2-8H,1H3. The van der Waals surface area contributed by atoms with E-state index in [-0.39, 0.29) is 0 Å². The monoisotopic (exact) mass is 242 g/mol. The smallest absolute Gasteiger partial charge is 0.154 e. The molecule has 84 valence electrons. The maximum absolute atomic E-state index is 10.8. The molecule has 3 aromatic heterocycles. The molecule has 0 bridgehead atoms. The first kappa shape index (κ1) is 10.2. The van der Waals surface area contributed by atoms with E-state index in [0.717, 1.165) is 22.5 Å². The van der Waals surface area contributed by atoms with E-state index in [9.17, 15) is 4.79 Å². The number of nitrogens with zero attached hydrogens (tertiary/aromatic N) is 2. The van der Waals surface area contributed by atoms with Crippen molar-refractivity contribution in [2.45, 2.75) is 6.92 Å². The van der Waals surface area contributed by atoms with Crippen molar-refractivity contribution in [2.75, 3.05) is 0 Å². The Labute approximate surface area is 102 Å². The largest absolute Gasteiger partial charge is 0.298 e. The van der Waals surface area contributed by atoms with Gasteiger partial charge in [0.2, 0.25) is 0 Å². The van der Waals surface area contributed by atoms with Crippen LogP contribution in [0, 0.1) is 6.92 Å². The number of aldehydes is 1. The number of hydrogen-bond donors (Lipinski definition) is 0. The zero-order chi connectivity index (χ0) is 11.8. The molecule has 17 heavy (non-hydrogen) atoms. The second kappa shape index (κ2) is 3.82. The molecular formula is C13H10N2OS. The number of carbonyl (C=O) groups excluding carboxylic acids is 1. The molecule has 0 aliphatic carbocycles. The van der Waals surface area contributed by atoms with E-state index in [0.29, 0.717) is 5.56 Å². The lowest BCUT2D eigenvalue weighted by atomic mass is 10.3. The lowest BCUT2D eigenvalue weighted by Crippen LogP contribution is -1.90. The number of aromatic nitrogens is 2. The zero-order valence-corrected chi connectivity index (χ0v) is 10.1. The van der Waals surface area contributed by atoms with Crippen molar-refractivity contribution in [3.8, 4) is 10.7 Å². The Bertz CT molecular complexity index is 696. The van der Waals surface area contributed by atoms with Crippen LogP contribution in [-0.4, -0.2) is 15.7 Å². The highest BCUT2D eigenvalue weighted by Gasteiger charge is 2.08. The number of hydrogen-bond acceptors (Lipinski definition) is 3. The number of fused-ring (bicyclic) bond motifs is 1. The highest BCUT2D eigenvalue weighted by atomic mass is 32.1. The molecule has 0 fully saturated rings. The molecule has 0 atom stereocenters. The van der Waals surface area contributed by atoms with Gasteiger partial charge < -0.3 is 0 Å². The van der Waals surface area contributed by atoms with Gasteiger partial charge in [0, 0.05) is 16.6 Å². The Morgan fingerprint density at radius 1 is 1.29 bits per heavy atom. The van der Waals surface area contributed by atoms with Crippen LogP contribution in [-0.2, 0) is 0 Å². The maximum atomic E-state index is 10.8. The van der Waals surface area contributed by atoms with E-state index in [1.807, 2.05) is 22.9 Å².